The highest BCUT2D eigenvalue weighted by Crippen LogP contribution is 2.36. The van der Waals surface area contributed by atoms with Crippen LogP contribution >= 0.6 is 0 Å². The lowest BCUT2D eigenvalue weighted by molar-refractivity contribution is 0.0691. The third-order valence-corrected chi connectivity index (χ3v) is 2.58. The van der Waals surface area contributed by atoms with Gasteiger partial charge in [0.2, 0.25) is 0 Å². The zero-order valence-corrected chi connectivity index (χ0v) is 7.92. The van der Waals surface area contributed by atoms with Crippen molar-refractivity contribution in [1.82, 2.24) is 14.5 Å². The van der Waals surface area contributed by atoms with Crippen LogP contribution < -0.4 is 0 Å². The maximum atomic E-state index is 10.8. The summed E-state index contributed by atoms with van der Waals surface area (Å²) in [5.74, 6) is -1.000. The molecule has 0 spiro atoms. The summed E-state index contributed by atoms with van der Waals surface area (Å²) in [6, 6.07) is 3.64. The van der Waals surface area contributed by atoms with Crippen LogP contribution in [0.1, 0.15) is 29.4 Å². The lowest BCUT2D eigenvalue weighted by Gasteiger charge is -2.00. The number of aromatic nitrogens is 3. The predicted molar refractivity (Wildman–Crippen MR) is 52.8 cm³/mol. The number of nitrogens with zero attached hydrogens (tertiary/aromatic N) is 3. The molecule has 2 aromatic rings. The second-order valence-electron chi connectivity index (χ2n) is 3.73. The number of fused-ring (bicyclic) bond motifs is 1. The van der Waals surface area contributed by atoms with E-state index < -0.39 is 5.97 Å². The zero-order chi connectivity index (χ0) is 10.4. The molecule has 0 saturated heterocycles. The van der Waals surface area contributed by atoms with Gasteiger partial charge < -0.3 is 9.67 Å². The van der Waals surface area contributed by atoms with Gasteiger partial charge in [0.15, 0.2) is 11.3 Å². The van der Waals surface area contributed by atoms with Gasteiger partial charge >= 0.3 is 5.97 Å². The van der Waals surface area contributed by atoms with E-state index in [-0.39, 0.29) is 5.69 Å². The Kier molecular flexibility index (Phi) is 1.56. The minimum Gasteiger partial charge on any atom is -0.477 e. The van der Waals surface area contributed by atoms with Gasteiger partial charge in [-0.1, -0.05) is 0 Å². The fraction of sp³-hybridized carbons (Fsp3) is 0.300. The molecule has 1 fully saturated rings. The van der Waals surface area contributed by atoms with Gasteiger partial charge in [0.25, 0.3) is 0 Å². The van der Waals surface area contributed by atoms with Crippen LogP contribution in [0.4, 0.5) is 0 Å². The van der Waals surface area contributed by atoms with E-state index in [9.17, 15) is 4.79 Å². The molecule has 5 heteroatoms. The van der Waals surface area contributed by atoms with Crippen LogP contribution in [0.2, 0.25) is 0 Å². The molecule has 0 atom stereocenters. The number of pyridine rings is 1. The second kappa shape index (κ2) is 2.79. The Hall–Kier alpha value is -1.91. The molecule has 5 nitrogen and oxygen atoms in total. The monoisotopic (exact) mass is 203 g/mol. The first-order chi connectivity index (χ1) is 7.25. The SMILES string of the molecule is O=C(O)c1ccc2ncn(C3CC3)c2n1. The number of hydrogen-bond donors (Lipinski definition) is 1. The van der Waals surface area contributed by atoms with Crippen molar-refractivity contribution in [2.24, 2.45) is 0 Å². The second-order valence-corrected chi connectivity index (χ2v) is 3.73. The van der Waals surface area contributed by atoms with E-state index >= 15 is 0 Å². The highest BCUT2D eigenvalue weighted by atomic mass is 16.4. The molecule has 0 radical (unpaired) electrons. The zero-order valence-electron chi connectivity index (χ0n) is 7.92. The van der Waals surface area contributed by atoms with Crippen molar-refractivity contribution in [3.63, 3.8) is 0 Å². The van der Waals surface area contributed by atoms with Gasteiger partial charge in [-0.2, -0.15) is 0 Å². The third kappa shape index (κ3) is 1.27. The first-order valence-electron chi connectivity index (χ1n) is 4.82. The lowest BCUT2D eigenvalue weighted by atomic mass is 10.3. The Morgan fingerprint density at radius 2 is 2.27 bits per heavy atom. The number of hydrogen-bond acceptors (Lipinski definition) is 3. The van der Waals surface area contributed by atoms with E-state index in [0.29, 0.717) is 11.7 Å². The van der Waals surface area contributed by atoms with E-state index in [4.69, 9.17) is 5.11 Å². The molecular weight excluding hydrogens is 194 g/mol. The maximum absolute atomic E-state index is 10.8. The molecule has 0 aliphatic heterocycles. The minimum absolute atomic E-state index is 0.0740. The highest BCUT2D eigenvalue weighted by Gasteiger charge is 2.25. The van der Waals surface area contributed by atoms with Gasteiger partial charge in [-0.05, 0) is 25.0 Å². The lowest BCUT2D eigenvalue weighted by Crippen LogP contribution is -2.02. The van der Waals surface area contributed by atoms with Crippen molar-refractivity contribution in [2.45, 2.75) is 18.9 Å². The Bertz CT molecular complexity index is 543. The summed E-state index contributed by atoms with van der Waals surface area (Å²) in [5.41, 5.74) is 1.51. The molecule has 3 rings (SSSR count). The summed E-state index contributed by atoms with van der Waals surface area (Å²) < 4.78 is 1.96. The van der Waals surface area contributed by atoms with Gasteiger partial charge in [-0.15, -0.1) is 0 Å². The minimum atomic E-state index is -1.000. The van der Waals surface area contributed by atoms with Crippen LogP contribution in [0.15, 0.2) is 18.5 Å². The largest absolute Gasteiger partial charge is 0.477 e. The average Bonchev–Trinajstić information content (AvgIpc) is 2.98. The normalized spacial score (nSPS) is 15.7. The summed E-state index contributed by atoms with van der Waals surface area (Å²) >= 11 is 0. The molecule has 1 saturated carbocycles. The van der Waals surface area contributed by atoms with E-state index in [1.54, 1.807) is 12.4 Å². The number of carbonyl (C=O) groups is 1. The third-order valence-electron chi connectivity index (χ3n) is 2.58. The van der Waals surface area contributed by atoms with Gasteiger partial charge in [0.05, 0.1) is 6.33 Å². The number of carboxylic acid groups (broad SMARTS) is 1. The molecule has 0 bridgehead atoms. The molecule has 0 amide bonds. The van der Waals surface area contributed by atoms with Crippen molar-refractivity contribution in [1.29, 1.82) is 0 Å². The van der Waals surface area contributed by atoms with Gasteiger partial charge in [0, 0.05) is 6.04 Å². The molecule has 0 aromatic carbocycles. The Labute approximate surface area is 85.4 Å². The van der Waals surface area contributed by atoms with Crippen LogP contribution in [0.5, 0.6) is 0 Å². The standard InChI is InChI=1S/C10H9N3O2/c14-10(15)8-4-3-7-9(12-8)13(5-11-7)6-1-2-6/h3-6H,1-2H2,(H,14,15). The number of imidazole rings is 1. The number of rotatable bonds is 2. The summed E-state index contributed by atoms with van der Waals surface area (Å²) in [5, 5.41) is 8.83. The molecule has 15 heavy (non-hydrogen) atoms. The topological polar surface area (TPSA) is 68.0 Å². The quantitative estimate of drug-likeness (QED) is 0.802. The van der Waals surface area contributed by atoms with E-state index in [1.165, 1.54) is 6.07 Å². The predicted octanol–water partition coefficient (Wildman–Crippen LogP) is 1.46. The van der Waals surface area contributed by atoms with Crippen LogP contribution in [0.25, 0.3) is 11.2 Å². The maximum Gasteiger partial charge on any atom is 0.354 e. The molecule has 0 unspecified atom stereocenters. The van der Waals surface area contributed by atoms with Crippen molar-refractivity contribution < 1.29 is 9.90 Å². The van der Waals surface area contributed by atoms with Crippen LogP contribution in [-0.2, 0) is 0 Å². The summed E-state index contributed by atoms with van der Waals surface area (Å²) in [6.07, 6.45) is 4.00. The highest BCUT2D eigenvalue weighted by molar-refractivity contribution is 5.88. The summed E-state index contributed by atoms with van der Waals surface area (Å²) in [6.45, 7) is 0. The van der Waals surface area contributed by atoms with Crippen molar-refractivity contribution in [2.75, 3.05) is 0 Å². The molecule has 1 N–H and O–H groups in total. The van der Waals surface area contributed by atoms with E-state index in [2.05, 4.69) is 9.97 Å². The first kappa shape index (κ1) is 8.40. The fourth-order valence-electron chi connectivity index (χ4n) is 1.65. The van der Waals surface area contributed by atoms with Crippen molar-refractivity contribution >= 4 is 17.1 Å². The summed E-state index contributed by atoms with van der Waals surface area (Å²) in [7, 11) is 0. The first-order valence-corrected chi connectivity index (χ1v) is 4.82. The van der Waals surface area contributed by atoms with Gasteiger partial charge in [-0.3, -0.25) is 0 Å². The van der Waals surface area contributed by atoms with Crippen LogP contribution in [0.3, 0.4) is 0 Å². The molecule has 1 aliphatic carbocycles. The van der Waals surface area contributed by atoms with Crippen LogP contribution in [0, 0.1) is 0 Å². The molecule has 2 aromatic heterocycles. The van der Waals surface area contributed by atoms with Gasteiger partial charge in [-0.25, -0.2) is 14.8 Å². The molecule has 2 heterocycles. The van der Waals surface area contributed by atoms with Crippen molar-refractivity contribution in [3.05, 3.63) is 24.2 Å². The molecular formula is C10H9N3O2. The number of aromatic carboxylic acids is 1. The Balaban J connectivity index is 2.21. The average molecular weight is 203 g/mol. The number of carboxylic acids is 1. The fourth-order valence-corrected chi connectivity index (χ4v) is 1.65. The molecule has 1 aliphatic rings. The smallest absolute Gasteiger partial charge is 0.354 e. The summed E-state index contributed by atoms with van der Waals surface area (Å²) in [4.78, 5) is 19.1. The van der Waals surface area contributed by atoms with E-state index in [1.807, 2.05) is 4.57 Å². The Morgan fingerprint density at radius 3 is 2.93 bits per heavy atom. The van der Waals surface area contributed by atoms with Crippen LogP contribution in [-0.4, -0.2) is 25.6 Å². The van der Waals surface area contributed by atoms with Gasteiger partial charge in [0.1, 0.15) is 5.52 Å². The Morgan fingerprint density at radius 1 is 1.47 bits per heavy atom. The van der Waals surface area contributed by atoms with E-state index in [0.717, 1.165) is 18.4 Å². The van der Waals surface area contributed by atoms with Crippen molar-refractivity contribution in [3.8, 4) is 0 Å². The molecule has 76 valence electrons.